The Labute approximate surface area is 149 Å². The van der Waals surface area contributed by atoms with Gasteiger partial charge in [0.05, 0.1) is 18.0 Å². The molecule has 0 aliphatic carbocycles. The van der Waals surface area contributed by atoms with Crippen LogP contribution in [0.1, 0.15) is 32.3 Å². The van der Waals surface area contributed by atoms with E-state index in [2.05, 4.69) is 21.5 Å². The lowest BCUT2D eigenvalue weighted by Gasteiger charge is -2.22. The van der Waals surface area contributed by atoms with Crippen molar-refractivity contribution in [3.8, 4) is 0 Å². The largest absolute Gasteiger partial charge is 0.383 e. The van der Waals surface area contributed by atoms with Crippen LogP contribution in [0.25, 0.3) is 11.0 Å². The van der Waals surface area contributed by atoms with Crippen molar-refractivity contribution in [3.63, 3.8) is 0 Å². The zero-order valence-corrected chi connectivity index (χ0v) is 15.6. The van der Waals surface area contributed by atoms with Crippen LogP contribution in [-0.2, 0) is 9.53 Å². The molecular weight excluding hydrogens is 318 g/mol. The van der Waals surface area contributed by atoms with Gasteiger partial charge < -0.3 is 20.4 Å². The Morgan fingerprint density at radius 1 is 1.52 bits per heavy atom. The maximum Gasteiger partial charge on any atom is 0.246 e. The number of H-pyrrole nitrogens is 1. The molecule has 0 radical (unpaired) electrons. The second-order valence-corrected chi connectivity index (χ2v) is 5.44. The average Bonchev–Trinajstić information content (AvgIpc) is 3.25. The van der Waals surface area contributed by atoms with Crippen molar-refractivity contribution in [1.82, 2.24) is 19.9 Å². The molecule has 25 heavy (non-hydrogen) atoms. The average molecular weight is 347 g/mol. The van der Waals surface area contributed by atoms with Crippen molar-refractivity contribution in [2.24, 2.45) is 0 Å². The van der Waals surface area contributed by atoms with E-state index in [1.165, 1.54) is 12.4 Å². The standard InChI is InChI=1S/C9H15NO2.C7H8N4.C2H6/c1-3-9(11)10-6-4-5-8(10)7-12-2;1-4-2-9-7-5(4)6(8)10-3-11-7;1-2/h3,8H,1,4-7H2,2H3;2-3H,1H3,(H3,8,9,10,11);1-2H3. The zero-order valence-electron chi connectivity index (χ0n) is 15.6. The Bertz CT molecular complexity index is 683. The fraction of sp³-hybridized carbons (Fsp3) is 0.500. The number of carbonyl (C=O) groups excluding carboxylic acids is 1. The normalized spacial score (nSPS) is 15.8. The highest BCUT2D eigenvalue weighted by Crippen LogP contribution is 2.19. The van der Waals surface area contributed by atoms with Crippen molar-refractivity contribution in [3.05, 3.63) is 30.7 Å². The minimum atomic E-state index is 0.0227. The first-order chi connectivity index (χ1) is 12.1. The molecule has 7 nitrogen and oxygen atoms in total. The summed E-state index contributed by atoms with van der Waals surface area (Å²) in [5, 5.41) is 0.924. The van der Waals surface area contributed by atoms with Crippen LogP contribution < -0.4 is 5.73 Å². The number of nitrogens with zero attached hydrogens (tertiary/aromatic N) is 3. The van der Waals surface area contributed by atoms with E-state index in [4.69, 9.17) is 10.5 Å². The monoisotopic (exact) mass is 347 g/mol. The topological polar surface area (TPSA) is 97.1 Å². The van der Waals surface area contributed by atoms with E-state index in [1.807, 2.05) is 31.9 Å². The van der Waals surface area contributed by atoms with Crippen molar-refractivity contribution < 1.29 is 9.53 Å². The lowest BCUT2D eigenvalue weighted by Crippen LogP contribution is -2.36. The Balaban J connectivity index is 0.000000228. The summed E-state index contributed by atoms with van der Waals surface area (Å²) < 4.78 is 5.02. The van der Waals surface area contributed by atoms with Gasteiger partial charge >= 0.3 is 0 Å². The first kappa shape index (κ1) is 20.6. The predicted molar refractivity (Wildman–Crippen MR) is 101 cm³/mol. The number of aromatic nitrogens is 3. The van der Waals surface area contributed by atoms with Gasteiger partial charge in [0.2, 0.25) is 5.91 Å². The molecule has 1 amide bonds. The number of ether oxygens (including phenoxy) is 1. The van der Waals surface area contributed by atoms with E-state index in [-0.39, 0.29) is 11.9 Å². The number of methoxy groups -OCH3 is 1. The highest BCUT2D eigenvalue weighted by atomic mass is 16.5. The van der Waals surface area contributed by atoms with Crippen molar-refractivity contribution in [1.29, 1.82) is 0 Å². The molecule has 1 saturated heterocycles. The van der Waals surface area contributed by atoms with Gasteiger partial charge in [-0.2, -0.15) is 0 Å². The van der Waals surface area contributed by atoms with Gasteiger partial charge in [0.1, 0.15) is 17.8 Å². The van der Waals surface area contributed by atoms with E-state index in [0.29, 0.717) is 12.4 Å². The molecule has 3 heterocycles. The summed E-state index contributed by atoms with van der Waals surface area (Å²) in [5.41, 5.74) is 7.51. The van der Waals surface area contributed by atoms with Gasteiger partial charge in [0, 0.05) is 19.9 Å². The number of hydrogen-bond donors (Lipinski definition) is 2. The Hall–Kier alpha value is -2.41. The van der Waals surface area contributed by atoms with Gasteiger partial charge in [-0.15, -0.1) is 0 Å². The van der Waals surface area contributed by atoms with Crippen LogP contribution in [0.3, 0.4) is 0 Å². The third kappa shape index (κ3) is 5.29. The second kappa shape index (κ2) is 10.5. The maximum atomic E-state index is 11.3. The fourth-order valence-corrected chi connectivity index (χ4v) is 2.75. The van der Waals surface area contributed by atoms with E-state index in [1.54, 1.807) is 7.11 Å². The number of fused-ring (bicyclic) bond motifs is 1. The summed E-state index contributed by atoms with van der Waals surface area (Å²) in [5.74, 6) is 0.559. The molecule has 3 N–H and O–H groups in total. The molecule has 1 atom stereocenters. The summed E-state index contributed by atoms with van der Waals surface area (Å²) in [6, 6.07) is 0.264. The van der Waals surface area contributed by atoms with Crippen LogP contribution in [-0.4, -0.2) is 52.1 Å². The molecule has 7 heteroatoms. The van der Waals surface area contributed by atoms with Crippen LogP contribution in [0.4, 0.5) is 5.82 Å². The van der Waals surface area contributed by atoms with Gasteiger partial charge in [0.25, 0.3) is 0 Å². The zero-order chi connectivity index (χ0) is 18.8. The summed E-state index contributed by atoms with van der Waals surface area (Å²) in [6.07, 6.45) is 6.82. The third-order valence-corrected chi connectivity index (χ3v) is 3.89. The predicted octanol–water partition coefficient (Wildman–Crippen LogP) is 2.68. The number of anilines is 1. The third-order valence-electron chi connectivity index (χ3n) is 3.89. The minimum absolute atomic E-state index is 0.0227. The van der Waals surface area contributed by atoms with Gasteiger partial charge in [-0.1, -0.05) is 20.4 Å². The molecule has 1 fully saturated rings. The number of aromatic amines is 1. The van der Waals surface area contributed by atoms with Crippen LogP contribution in [0.15, 0.2) is 25.2 Å². The fourth-order valence-electron chi connectivity index (χ4n) is 2.75. The molecule has 0 bridgehead atoms. The van der Waals surface area contributed by atoms with E-state index in [0.717, 1.165) is 36.0 Å². The number of rotatable bonds is 3. The highest BCUT2D eigenvalue weighted by molar-refractivity contribution is 5.88. The molecule has 138 valence electrons. The molecule has 1 aliphatic heterocycles. The van der Waals surface area contributed by atoms with Crippen LogP contribution in [0.2, 0.25) is 0 Å². The van der Waals surface area contributed by atoms with E-state index < -0.39 is 0 Å². The number of nitrogens with one attached hydrogen (secondary N) is 1. The number of aryl methyl sites for hydroxylation is 1. The maximum absolute atomic E-state index is 11.3. The number of hydrogen-bond acceptors (Lipinski definition) is 5. The Morgan fingerprint density at radius 3 is 2.84 bits per heavy atom. The van der Waals surface area contributed by atoms with Crippen LogP contribution in [0.5, 0.6) is 0 Å². The molecule has 3 rings (SSSR count). The lowest BCUT2D eigenvalue weighted by atomic mass is 10.2. The molecule has 2 aromatic rings. The quantitative estimate of drug-likeness (QED) is 0.832. The van der Waals surface area contributed by atoms with Gasteiger partial charge in [-0.3, -0.25) is 4.79 Å². The Kier molecular flexibility index (Phi) is 8.63. The van der Waals surface area contributed by atoms with Crippen LogP contribution >= 0.6 is 0 Å². The first-order valence-corrected chi connectivity index (χ1v) is 8.54. The van der Waals surface area contributed by atoms with Gasteiger partial charge in [0.15, 0.2) is 0 Å². The van der Waals surface area contributed by atoms with E-state index in [9.17, 15) is 4.79 Å². The van der Waals surface area contributed by atoms with Crippen LogP contribution in [0, 0.1) is 6.92 Å². The number of nitrogens with two attached hydrogens (primary N) is 1. The summed E-state index contributed by atoms with van der Waals surface area (Å²) in [7, 11) is 1.66. The molecule has 1 unspecified atom stereocenters. The highest BCUT2D eigenvalue weighted by Gasteiger charge is 2.26. The van der Waals surface area contributed by atoms with Gasteiger partial charge in [-0.25, -0.2) is 9.97 Å². The van der Waals surface area contributed by atoms with Crippen molar-refractivity contribution >= 4 is 22.8 Å². The molecular formula is C18H29N5O2. The SMILES string of the molecule is C=CC(=O)N1CCCC1COC.CC.Cc1c[nH]c2ncnc(N)c12. The molecule has 2 aromatic heterocycles. The summed E-state index contributed by atoms with van der Waals surface area (Å²) in [6.45, 7) is 10.9. The number of amides is 1. The molecule has 0 spiro atoms. The lowest BCUT2D eigenvalue weighted by molar-refractivity contribution is -0.127. The molecule has 0 saturated carbocycles. The molecule has 1 aliphatic rings. The number of nitrogen functional groups attached to an aromatic ring is 1. The molecule has 0 aromatic carbocycles. The van der Waals surface area contributed by atoms with Crippen molar-refractivity contribution in [2.75, 3.05) is 26.0 Å². The van der Waals surface area contributed by atoms with Gasteiger partial charge in [-0.05, 0) is 31.4 Å². The smallest absolute Gasteiger partial charge is 0.246 e. The summed E-state index contributed by atoms with van der Waals surface area (Å²) >= 11 is 0. The minimum Gasteiger partial charge on any atom is -0.383 e. The van der Waals surface area contributed by atoms with Crippen molar-refractivity contribution in [2.45, 2.75) is 39.7 Å². The first-order valence-electron chi connectivity index (χ1n) is 8.54. The number of carbonyl (C=O) groups is 1. The number of likely N-dealkylation sites (tertiary alicyclic amines) is 1. The summed E-state index contributed by atoms with van der Waals surface area (Å²) in [4.78, 5) is 24.0. The Morgan fingerprint density at radius 2 is 2.24 bits per heavy atom. The van der Waals surface area contributed by atoms with E-state index >= 15 is 0 Å². The second-order valence-electron chi connectivity index (χ2n) is 5.44.